The third kappa shape index (κ3) is 5.30. The van der Waals surface area contributed by atoms with Crippen LogP contribution in [0.25, 0.3) is 0 Å². The van der Waals surface area contributed by atoms with E-state index in [0.29, 0.717) is 0 Å². The molecule has 0 fully saturated rings. The van der Waals surface area contributed by atoms with E-state index in [4.69, 9.17) is 5.73 Å². The molecule has 0 aromatic rings. The number of thioether (sulfide) groups is 2. The molecule has 2 nitrogen and oxygen atoms in total. The molecule has 0 amide bonds. The highest BCUT2D eigenvalue weighted by atomic mass is 35.5. The number of unbranched alkanes of at least 4 members (excludes halogenated alkanes) is 1. The second-order valence-electron chi connectivity index (χ2n) is 2.34. The standard InChI is InChI=1S/C7H14N2S2.ClH/c8-3-1-2-5-10-7-9-4-6-11-7;/h1-6,8H2;1H. The normalized spacial score (nSPS) is 15.6. The number of halogens is 1. The van der Waals surface area contributed by atoms with Crippen LogP contribution in [0.3, 0.4) is 0 Å². The van der Waals surface area contributed by atoms with E-state index in [0.717, 1.165) is 19.5 Å². The smallest absolute Gasteiger partial charge is 0.124 e. The van der Waals surface area contributed by atoms with E-state index >= 15 is 0 Å². The average molecular weight is 227 g/mol. The van der Waals surface area contributed by atoms with Crippen LogP contribution in [0.1, 0.15) is 12.8 Å². The molecule has 1 rings (SSSR count). The molecular weight excluding hydrogens is 212 g/mol. The van der Waals surface area contributed by atoms with Gasteiger partial charge in [0.05, 0.1) is 6.54 Å². The summed E-state index contributed by atoms with van der Waals surface area (Å²) < 4.78 is 1.28. The minimum absolute atomic E-state index is 0. The summed E-state index contributed by atoms with van der Waals surface area (Å²) >= 11 is 3.76. The van der Waals surface area contributed by atoms with Gasteiger partial charge in [-0.15, -0.1) is 12.4 Å². The minimum Gasteiger partial charge on any atom is -0.330 e. The zero-order chi connectivity index (χ0) is 7.94. The first-order chi connectivity index (χ1) is 5.43. The number of nitrogens with zero attached hydrogens (tertiary/aromatic N) is 1. The quantitative estimate of drug-likeness (QED) is 0.746. The Bertz CT molecular complexity index is 141. The van der Waals surface area contributed by atoms with Crippen LogP contribution in [0.15, 0.2) is 4.99 Å². The van der Waals surface area contributed by atoms with Crippen LogP contribution in [0.5, 0.6) is 0 Å². The van der Waals surface area contributed by atoms with Crippen molar-refractivity contribution >= 4 is 40.3 Å². The number of rotatable bonds is 4. The molecule has 0 bridgehead atoms. The van der Waals surface area contributed by atoms with E-state index in [1.165, 1.54) is 22.3 Å². The Balaban J connectivity index is 0.00000121. The summed E-state index contributed by atoms with van der Waals surface area (Å²) in [6, 6.07) is 0. The summed E-state index contributed by atoms with van der Waals surface area (Å²) in [5.41, 5.74) is 5.38. The van der Waals surface area contributed by atoms with E-state index in [2.05, 4.69) is 4.99 Å². The Kier molecular flexibility index (Phi) is 8.65. The van der Waals surface area contributed by atoms with Crippen molar-refractivity contribution in [2.45, 2.75) is 12.8 Å². The lowest BCUT2D eigenvalue weighted by atomic mass is 10.3. The molecule has 0 unspecified atom stereocenters. The Hall–Kier alpha value is 0.620. The highest BCUT2D eigenvalue weighted by molar-refractivity contribution is 8.39. The van der Waals surface area contributed by atoms with Gasteiger partial charge in [-0.2, -0.15) is 0 Å². The number of hydrogen-bond donors (Lipinski definition) is 1. The fourth-order valence-corrected chi connectivity index (χ4v) is 2.89. The molecule has 0 aliphatic carbocycles. The largest absolute Gasteiger partial charge is 0.330 e. The number of aliphatic imine (C=N–C) groups is 1. The monoisotopic (exact) mass is 226 g/mol. The third-order valence-electron chi connectivity index (χ3n) is 1.38. The second kappa shape index (κ2) is 8.23. The Labute approximate surface area is 88.6 Å². The summed E-state index contributed by atoms with van der Waals surface area (Å²) in [5.74, 6) is 2.36. The van der Waals surface area contributed by atoms with Gasteiger partial charge in [0.1, 0.15) is 4.38 Å². The third-order valence-corrected chi connectivity index (χ3v) is 3.72. The second-order valence-corrected chi connectivity index (χ2v) is 4.77. The van der Waals surface area contributed by atoms with Crippen molar-refractivity contribution < 1.29 is 0 Å². The maximum Gasteiger partial charge on any atom is 0.124 e. The van der Waals surface area contributed by atoms with Crippen LogP contribution in [0.4, 0.5) is 0 Å². The van der Waals surface area contributed by atoms with Crippen molar-refractivity contribution in [1.82, 2.24) is 0 Å². The van der Waals surface area contributed by atoms with Gasteiger partial charge >= 0.3 is 0 Å². The van der Waals surface area contributed by atoms with Crippen LogP contribution in [-0.2, 0) is 0 Å². The molecule has 2 N–H and O–H groups in total. The summed E-state index contributed by atoms with van der Waals surface area (Å²) in [4.78, 5) is 4.34. The summed E-state index contributed by atoms with van der Waals surface area (Å²) in [5, 5.41) is 0. The van der Waals surface area contributed by atoms with E-state index in [-0.39, 0.29) is 12.4 Å². The van der Waals surface area contributed by atoms with Crippen molar-refractivity contribution in [1.29, 1.82) is 0 Å². The highest BCUT2D eigenvalue weighted by Gasteiger charge is 2.05. The van der Waals surface area contributed by atoms with Gasteiger partial charge in [0.25, 0.3) is 0 Å². The first kappa shape index (κ1) is 12.6. The highest BCUT2D eigenvalue weighted by Crippen LogP contribution is 2.22. The Morgan fingerprint density at radius 1 is 1.50 bits per heavy atom. The molecule has 0 saturated carbocycles. The molecule has 0 atom stereocenters. The van der Waals surface area contributed by atoms with Gasteiger partial charge in [0.15, 0.2) is 0 Å². The zero-order valence-electron chi connectivity index (χ0n) is 6.99. The fraction of sp³-hybridized carbons (Fsp3) is 0.857. The first-order valence-corrected chi connectivity index (χ1v) is 5.90. The summed E-state index contributed by atoms with van der Waals surface area (Å²) in [7, 11) is 0. The molecule has 12 heavy (non-hydrogen) atoms. The van der Waals surface area contributed by atoms with E-state index in [1.807, 2.05) is 23.5 Å². The maximum absolute atomic E-state index is 5.38. The topological polar surface area (TPSA) is 38.4 Å². The number of hydrogen-bond acceptors (Lipinski definition) is 4. The first-order valence-electron chi connectivity index (χ1n) is 3.93. The molecule has 0 saturated heterocycles. The summed E-state index contributed by atoms with van der Waals surface area (Å²) in [6.07, 6.45) is 2.37. The van der Waals surface area contributed by atoms with Crippen LogP contribution in [0, 0.1) is 0 Å². The fourth-order valence-electron chi connectivity index (χ4n) is 0.809. The molecule has 5 heteroatoms. The van der Waals surface area contributed by atoms with Crippen LogP contribution in [0.2, 0.25) is 0 Å². The van der Waals surface area contributed by atoms with Crippen LogP contribution in [-0.4, -0.2) is 29.0 Å². The maximum atomic E-state index is 5.38. The zero-order valence-corrected chi connectivity index (χ0v) is 9.44. The Morgan fingerprint density at radius 3 is 2.92 bits per heavy atom. The molecule has 0 aromatic heterocycles. The van der Waals surface area contributed by atoms with Crippen LogP contribution < -0.4 is 5.73 Å². The lowest BCUT2D eigenvalue weighted by Crippen LogP contribution is -1.98. The molecular formula is C7H15ClN2S2. The molecule has 0 aromatic carbocycles. The minimum atomic E-state index is 0. The van der Waals surface area contributed by atoms with Gasteiger partial charge in [0, 0.05) is 11.5 Å². The SMILES string of the molecule is Cl.NCCCCSC1=NCCS1. The van der Waals surface area contributed by atoms with Crippen LogP contribution >= 0.6 is 35.9 Å². The molecule has 1 aliphatic heterocycles. The van der Waals surface area contributed by atoms with Gasteiger partial charge in [-0.3, -0.25) is 4.99 Å². The predicted octanol–water partition coefficient (Wildman–Crippen LogP) is 1.98. The van der Waals surface area contributed by atoms with E-state index in [9.17, 15) is 0 Å². The van der Waals surface area contributed by atoms with Crippen molar-refractivity contribution in [3.8, 4) is 0 Å². The molecule has 1 aliphatic rings. The van der Waals surface area contributed by atoms with Gasteiger partial charge in [-0.1, -0.05) is 23.5 Å². The van der Waals surface area contributed by atoms with Crippen molar-refractivity contribution in [3.05, 3.63) is 0 Å². The molecule has 1 heterocycles. The average Bonchev–Trinajstić information content (AvgIpc) is 2.50. The molecule has 72 valence electrons. The van der Waals surface area contributed by atoms with E-state index < -0.39 is 0 Å². The predicted molar refractivity (Wildman–Crippen MR) is 62.8 cm³/mol. The lowest BCUT2D eigenvalue weighted by molar-refractivity contribution is 0.815. The van der Waals surface area contributed by atoms with Gasteiger partial charge in [0.2, 0.25) is 0 Å². The molecule has 0 spiro atoms. The van der Waals surface area contributed by atoms with Gasteiger partial charge < -0.3 is 5.73 Å². The van der Waals surface area contributed by atoms with E-state index in [1.54, 1.807) is 0 Å². The van der Waals surface area contributed by atoms with Crippen molar-refractivity contribution in [2.24, 2.45) is 10.7 Å². The molecule has 0 radical (unpaired) electrons. The summed E-state index contributed by atoms with van der Waals surface area (Å²) in [6.45, 7) is 1.84. The van der Waals surface area contributed by atoms with Gasteiger partial charge in [-0.05, 0) is 19.4 Å². The lowest BCUT2D eigenvalue weighted by Gasteiger charge is -1.97. The van der Waals surface area contributed by atoms with Gasteiger partial charge in [-0.25, -0.2) is 0 Å². The Morgan fingerprint density at radius 2 is 2.33 bits per heavy atom. The van der Waals surface area contributed by atoms with Crippen molar-refractivity contribution in [2.75, 3.05) is 24.6 Å². The van der Waals surface area contributed by atoms with Crippen molar-refractivity contribution in [3.63, 3.8) is 0 Å². The number of nitrogens with two attached hydrogens (primary N) is 1.